The lowest BCUT2D eigenvalue weighted by atomic mass is 10.1. The molecule has 1 aromatic heterocycles. The molecule has 0 aliphatic heterocycles. The molecule has 3 rings (SSSR count). The summed E-state index contributed by atoms with van der Waals surface area (Å²) in [5, 5.41) is 3.96. The standard InChI is InChI=1S/C19H18Cl2N4O2/c1-25(18(26)9-22)11-12-4-2-3-5-14(12)17-10-23-19(27-17)24-13-6-7-15(20)16(21)8-13/h2-8,10H,9,11,22H2,1H3,(H,23,24). The number of nitrogens with one attached hydrogen (secondary N) is 1. The van der Waals surface area contributed by atoms with E-state index in [1.165, 1.54) is 0 Å². The fraction of sp³-hybridized carbons (Fsp3) is 0.158. The predicted molar refractivity (Wildman–Crippen MR) is 107 cm³/mol. The Kier molecular flexibility index (Phi) is 6.01. The summed E-state index contributed by atoms with van der Waals surface area (Å²) >= 11 is 11.9. The Labute approximate surface area is 166 Å². The lowest BCUT2D eigenvalue weighted by Crippen LogP contribution is -2.32. The van der Waals surface area contributed by atoms with Crippen LogP contribution in [0.1, 0.15) is 5.56 Å². The maximum atomic E-state index is 11.8. The molecule has 0 bridgehead atoms. The van der Waals surface area contributed by atoms with Crippen molar-refractivity contribution in [2.45, 2.75) is 6.54 Å². The number of carbonyl (C=O) groups is 1. The van der Waals surface area contributed by atoms with Crippen LogP contribution in [-0.4, -0.2) is 29.4 Å². The zero-order valence-electron chi connectivity index (χ0n) is 14.6. The number of carbonyl (C=O) groups excluding carboxylic acids is 1. The Morgan fingerprint density at radius 1 is 1.22 bits per heavy atom. The van der Waals surface area contributed by atoms with Gasteiger partial charge in [0.2, 0.25) is 5.91 Å². The molecule has 0 fully saturated rings. The van der Waals surface area contributed by atoms with Crippen LogP contribution in [0.15, 0.2) is 53.1 Å². The molecule has 6 nitrogen and oxygen atoms in total. The van der Waals surface area contributed by atoms with Crippen LogP contribution >= 0.6 is 23.2 Å². The van der Waals surface area contributed by atoms with Gasteiger partial charge in [-0.05, 0) is 23.8 Å². The van der Waals surface area contributed by atoms with Crippen molar-refractivity contribution in [1.29, 1.82) is 0 Å². The van der Waals surface area contributed by atoms with Crippen LogP contribution < -0.4 is 11.1 Å². The van der Waals surface area contributed by atoms with Gasteiger partial charge in [-0.2, -0.15) is 0 Å². The number of oxazole rings is 1. The van der Waals surface area contributed by atoms with Gasteiger partial charge in [0.05, 0.1) is 22.8 Å². The van der Waals surface area contributed by atoms with Gasteiger partial charge in [0.1, 0.15) is 0 Å². The average molecular weight is 405 g/mol. The lowest BCUT2D eigenvalue weighted by Gasteiger charge is -2.17. The third-order valence-electron chi connectivity index (χ3n) is 3.97. The highest BCUT2D eigenvalue weighted by molar-refractivity contribution is 6.42. The molecule has 0 saturated heterocycles. The number of amides is 1. The van der Waals surface area contributed by atoms with E-state index in [0.29, 0.717) is 34.1 Å². The normalized spacial score (nSPS) is 10.7. The van der Waals surface area contributed by atoms with Crippen LogP contribution in [0.5, 0.6) is 0 Å². The average Bonchev–Trinajstić information content (AvgIpc) is 3.12. The molecular weight excluding hydrogens is 387 g/mol. The SMILES string of the molecule is CN(Cc1ccccc1-c1cnc(Nc2ccc(Cl)c(Cl)c2)o1)C(=O)CN. The number of halogens is 2. The van der Waals surface area contributed by atoms with E-state index in [1.54, 1.807) is 36.3 Å². The fourth-order valence-corrected chi connectivity index (χ4v) is 2.85. The van der Waals surface area contributed by atoms with Gasteiger partial charge in [0.25, 0.3) is 6.01 Å². The van der Waals surface area contributed by atoms with Crippen molar-refractivity contribution in [2.24, 2.45) is 5.73 Å². The zero-order valence-corrected chi connectivity index (χ0v) is 16.1. The van der Waals surface area contributed by atoms with Gasteiger partial charge in [0, 0.05) is 24.8 Å². The molecule has 2 aromatic carbocycles. The first-order chi connectivity index (χ1) is 13.0. The molecule has 140 valence electrons. The van der Waals surface area contributed by atoms with Crippen molar-refractivity contribution in [2.75, 3.05) is 18.9 Å². The second-order valence-corrected chi connectivity index (χ2v) is 6.71. The maximum Gasteiger partial charge on any atom is 0.299 e. The lowest BCUT2D eigenvalue weighted by molar-refractivity contribution is -0.128. The van der Waals surface area contributed by atoms with Crippen molar-refractivity contribution in [1.82, 2.24) is 9.88 Å². The summed E-state index contributed by atoms with van der Waals surface area (Å²) in [6.45, 7) is 0.390. The van der Waals surface area contributed by atoms with Crippen LogP contribution in [0.2, 0.25) is 10.0 Å². The van der Waals surface area contributed by atoms with Gasteiger partial charge in [0.15, 0.2) is 5.76 Å². The topological polar surface area (TPSA) is 84.4 Å². The van der Waals surface area contributed by atoms with Gasteiger partial charge in [-0.1, -0.05) is 47.5 Å². The van der Waals surface area contributed by atoms with Crippen molar-refractivity contribution < 1.29 is 9.21 Å². The highest BCUT2D eigenvalue weighted by Crippen LogP contribution is 2.30. The van der Waals surface area contributed by atoms with Gasteiger partial charge in [-0.3, -0.25) is 4.79 Å². The van der Waals surface area contributed by atoms with Gasteiger partial charge in [-0.25, -0.2) is 4.98 Å². The highest BCUT2D eigenvalue weighted by Gasteiger charge is 2.14. The van der Waals surface area contributed by atoms with Crippen molar-refractivity contribution in [3.05, 3.63) is 64.3 Å². The smallest absolute Gasteiger partial charge is 0.299 e. The van der Waals surface area contributed by atoms with E-state index >= 15 is 0 Å². The Morgan fingerprint density at radius 3 is 2.74 bits per heavy atom. The predicted octanol–water partition coefficient (Wildman–Crippen LogP) is 4.31. The third-order valence-corrected chi connectivity index (χ3v) is 4.71. The number of hydrogen-bond donors (Lipinski definition) is 2. The molecule has 0 atom stereocenters. The molecule has 0 spiro atoms. The van der Waals surface area contributed by atoms with Gasteiger partial charge < -0.3 is 20.4 Å². The maximum absolute atomic E-state index is 11.8. The fourth-order valence-electron chi connectivity index (χ4n) is 2.55. The number of rotatable bonds is 6. The van der Waals surface area contributed by atoms with E-state index in [2.05, 4.69) is 10.3 Å². The molecule has 0 aliphatic rings. The summed E-state index contributed by atoms with van der Waals surface area (Å²) in [6, 6.07) is 13.1. The number of aromatic nitrogens is 1. The molecule has 1 amide bonds. The minimum Gasteiger partial charge on any atom is -0.423 e. The largest absolute Gasteiger partial charge is 0.423 e. The van der Waals surface area contributed by atoms with Crippen molar-refractivity contribution in [3.63, 3.8) is 0 Å². The number of benzene rings is 2. The van der Waals surface area contributed by atoms with E-state index in [9.17, 15) is 4.79 Å². The van der Waals surface area contributed by atoms with Gasteiger partial charge in [-0.15, -0.1) is 0 Å². The monoisotopic (exact) mass is 404 g/mol. The minimum absolute atomic E-state index is 0.0291. The van der Waals surface area contributed by atoms with Crippen LogP contribution in [0.25, 0.3) is 11.3 Å². The highest BCUT2D eigenvalue weighted by atomic mass is 35.5. The van der Waals surface area contributed by atoms with E-state index in [-0.39, 0.29) is 12.5 Å². The van der Waals surface area contributed by atoms with E-state index in [1.807, 2.05) is 24.3 Å². The first-order valence-corrected chi connectivity index (χ1v) is 8.93. The Balaban J connectivity index is 1.82. The van der Waals surface area contributed by atoms with Gasteiger partial charge >= 0.3 is 0 Å². The second kappa shape index (κ2) is 8.43. The summed E-state index contributed by atoms with van der Waals surface area (Å²) in [5.74, 6) is 0.450. The van der Waals surface area contributed by atoms with E-state index in [4.69, 9.17) is 33.4 Å². The van der Waals surface area contributed by atoms with Crippen molar-refractivity contribution in [3.8, 4) is 11.3 Å². The summed E-state index contributed by atoms with van der Waals surface area (Å²) in [6.07, 6.45) is 1.63. The van der Waals surface area contributed by atoms with Crippen LogP contribution in [-0.2, 0) is 11.3 Å². The number of hydrogen-bond acceptors (Lipinski definition) is 5. The number of likely N-dealkylation sites (N-methyl/N-ethyl adjacent to an activating group) is 1. The number of anilines is 2. The quantitative estimate of drug-likeness (QED) is 0.639. The third kappa shape index (κ3) is 4.60. The molecule has 1 heterocycles. The minimum atomic E-state index is -0.135. The second-order valence-electron chi connectivity index (χ2n) is 5.89. The summed E-state index contributed by atoms with van der Waals surface area (Å²) in [5.41, 5.74) is 7.91. The molecule has 0 aliphatic carbocycles. The summed E-state index contributed by atoms with van der Waals surface area (Å²) in [4.78, 5) is 17.6. The molecular formula is C19H18Cl2N4O2. The van der Waals surface area contributed by atoms with E-state index in [0.717, 1.165) is 11.1 Å². The first-order valence-electron chi connectivity index (χ1n) is 8.18. The summed E-state index contributed by atoms with van der Waals surface area (Å²) < 4.78 is 5.83. The molecule has 27 heavy (non-hydrogen) atoms. The van der Waals surface area contributed by atoms with E-state index < -0.39 is 0 Å². The molecule has 0 saturated carbocycles. The molecule has 3 aromatic rings. The number of nitrogens with zero attached hydrogens (tertiary/aromatic N) is 2. The molecule has 0 radical (unpaired) electrons. The van der Waals surface area contributed by atoms with Crippen LogP contribution in [0, 0.1) is 0 Å². The Hall–Kier alpha value is -2.54. The van der Waals surface area contributed by atoms with Crippen molar-refractivity contribution >= 4 is 40.8 Å². The zero-order chi connectivity index (χ0) is 19.4. The Morgan fingerprint density at radius 2 is 2.00 bits per heavy atom. The molecule has 8 heteroatoms. The summed E-state index contributed by atoms with van der Waals surface area (Å²) in [7, 11) is 1.71. The molecule has 0 unspecified atom stereocenters. The van der Waals surface area contributed by atoms with Crippen LogP contribution in [0.4, 0.5) is 11.7 Å². The first kappa shape index (κ1) is 19.2. The molecule has 3 N–H and O–H groups in total. The Bertz CT molecular complexity index is 958. The van der Waals surface area contributed by atoms with Crippen LogP contribution in [0.3, 0.4) is 0 Å². The number of nitrogens with two attached hydrogens (primary N) is 1.